The van der Waals surface area contributed by atoms with E-state index in [0.717, 1.165) is 15.3 Å². The molecule has 98 valence electrons. The van der Waals surface area contributed by atoms with Crippen molar-refractivity contribution in [2.24, 2.45) is 7.05 Å². The van der Waals surface area contributed by atoms with Crippen LogP contribution in [0.2, 0.25) is 0 Å². The Bertz CT molecular complexity index is 660. The molecule has 2 aromatic heterocycles. The zero-order valence-corrected chi connectivity index (χ0v) is 15.1. The fourth-order valence-corrected chi connectivity index (χ4v) is 2.81. The molecule has 0 fully saturated rings. The minimum absolute atomic E-state index is 0.170. The number of fused-ring (bicyclic) bond motifs is 1. The summed E-state index contributed by atoms with van der Waals surface area (Å²) in [6.45, 7) is 3.78. The van der Waals surface area contributed by atoms with E-state index in [4.69, 9.17) is 5.11 Å². The first-order chi connectivity index (χ1) is 8.43. The van der Waals surface area contributed by atoms with Crippen molar-refractivity contribution >= 4 is 64.8 Å². The van der Waals surface area contributed by atoms with Crippen molar-refractivity contribution < 1.29 is 9.90 Å². The van der Waals surface area contributed by atoms with Crippen LogP contribution in [0.15, 0.2) is 11.0 Å². The molecule has 0 aromatic carbocycles. The number of carbonyl (C=O) groups is 1. The van der Waals surface area contributed by atoms with Gasteiger partial charge in [-0.15, -0.1) is 11.3 Å². The monoisotopic (exact) mass is 491 g/mol. The fraction of sp³-hybridized carbons (Fsp3) is 0.273. The van der Waals surface area contributed by atoms with Gasteiger partial charge in [-0.2, -0.15) is 0 Å². The third-order valence-corrected chi connectivity index (χ3v) is 4.01. The smallest absolute Gasteiger partial charge is 0.341 e. The molecule has 0 atom stereocenters. The van der Waals surface area contributed by atoms with Crippen molar-refractivity contribution in [1.82, 2.24) is 4.57 Å². The van der Waals surface area contributed by atoms with Crippen LogP contribution in [-0.2, 0) is 7.05 Å². The topological polar surface area (TPSA) is 59.3 Å². The van der Waals surface area contributed by atoms with E-state index in [-0.39, 0.29) is 11.0 Å². The highest BCUT2D eigenvalue weighted by atomic mass is 128. The quantitative estimate of drug-likeness (QED) is 0.620. The maximum Gasteiger partial charge on any atom is 0.341 e. The van der Waals surface area contributed by atoms with Gasteiger partial charge in [-0.3, -0.25) is 4.79 Å². The predicted molar refractivity (Wildman–Crippen MR) is 91.5 cm³/mol. The standard InChI is InChI=1S/C11H11NO3S.I2/c1-5-6(2)16-10-8(5)9(13)7(11(14)15)4-12(10)3;1-2/h4H,1-3H3,(H,14,15);. The van der Waals surface area contributed by atoms with Gasteiger partial charge >= 0.3 is 5.97 Å². The van der Waals surface area contributed by atoms with E-state index in [1.807, 2.05) is 13.8 Å². The van der Waals surface area contributed by atoms with E-state index >= 15 is 0 Å². The van der Waals surface area contributed by atoms with Gasteiger partial charge < -0.3 is 9.67 Å². The van der Waals surface area contributed by atoms with Crippen LogP contribution in [0.25, 0.3) is 10.2 Å². The van der Waals surface area contributed by atoms with Crippen molar-refractivity contribution in [3.05, 3.63) is 32.4 Å². The molecule has 0 saturated carbocycles. The van der Waals surface area contributed by atoms with Crippen LogP contribution in [0, 0.1) is 13.8 Å². The van der Waals surface area contributed by atoms with Crippen LogP contribution in [0.1, 0.15) is 20.8 Å². The van der Waals surface area contributed by atoms with Gasteiger partial charge in [-0.25, -0.2) is 4.79 Å². The average Bonchev–Trinajstić information content (AvgIpc) is 2.64. The lowest BCUT2D eigenvalue weighted by Crippen LogP contribution is -2.17. The zero-order valence-electron chi connectivity index (χ0n) is 9.95. The molecule has 0 saturated heterocycles. The number of hydrogen-bond acceptors (Lipinski definition) is 3. The number of carboxylic acid groups (broad SMARTS) is 1. The van der Waals surface area contributed by atoms with Gasteiger partial charge in [0.15, 0.2) is 0 Å². The van der Waals surface area contributed by atoms with Crippen LogP contribution in [-0.4, -0.2) is 15.6 Å². The third kappa shape index (κ3) is 2.72. The number of aromatic nitrogens is 1. The summed E-state index contributed by atoms with van der Waals surface area (Å²) in [6.07, 6.45) is 1.38. The Kier molecular flexibility index (Phi) is 5.59. The molecule has 1 N–H and O–H groups in total. The summed E-state index contributed by atoms with van der Waals surface area (Å²) in [6, 6.07) is 0. The molecule has 0 unspecified atom stereocenters. The van der Waals surface area contributed by atoms with Gasteiger partial charge in [0.1, 0.15) is 10.4 Å². The van der Waals surface area contributed by atoms with Gasteiger partial charge in [-0.05, 0) is 19.4 Å². The van der Waals surface area contributed by atoms with Gasteiger partial charge in [-0.1, -0.05) is 0 Å². The minimum atomic E-state index is -1.18. The van der Waals surface area contributed by atoms with E-state index in [2.05, 4.69) is 37.2 Å². The maximum absolute atomic E-state index is 12.0. The lowest BCUT2D eigenvalue weighted by molar-refractivity contribution is 0.0695. The molecule has 0 aliphatic rings. The van der Waals surface area contributed by atoms with Gasteiger partial charge in [0.2, 0.25) is 5.43 Å². The molecule has 2 aromatic rings. The molecule has 18 heavy (non-hydrogen) atoms. The van der Waals surface area contributed by atoms with Crippen LogP contribution < -0.4 is 5.43 Å². The van der Waals surface area contributed by atoms with E-state index in [1.54, 1.807) is 11.6 Å². The minimum Gasteiger partial charge on any atom is -0.477 e. The van der Waals surface area contributed by atoms with Crippen LogP contribution >= 0.6 is 48.6 Å². The molecule has 0 radical (unpaired) electrons. The van der Waals surface area contributed by atoms with E-state index in [1.165, 1.54) is 17.5 Å². The van der Waals surface area contributed by atoms with Gasteiger partial charge in [0, 0.05) is 55.4 Å². The number of thiophene rings is 1. The van der Waals surface area contributed by atoms with Crippen molar-refractivity contribution in [2.45, 2.75) is 13.8 Å². The lowest BCUT2D eigenvalue weighted by atomic mass is 10.1. The molecular formula is C11H11I2NO3S. The Morgan fingerprint density at radius 2 is 1.94 bits per heavy atom. The number of aromatic carboxylic acids is 1. The second kappa shape index (κ2) is 6.33. The number of hydrogen-bond donors (Lipinski definition) is 1. The number of halogens is 2. The molecule has 4 nitrogen and oxygen atoms in total. The fourth-order valence-electron chi connectivity index (χ4n) is 1.72. The molecule has 0 aliphatic carbocycles. The Hall–Kier alpha value is -0.160. The van der Waals surface area contributed by atoms with Gasteiger partial charge in [0.25, 0.3) is 0 Å². The largest absolute Gasteiger partial charge is 0.477 e. The van der Waals surface area contributed by atoms with E-state index in [9.17, 15) is 9.59 Å². The number of rotatable bonds is 1. The van der Waals surface area contributed by atoms with Crippen LogP contribution in [0.3, 0.4) is 0 Å². The predicted octanol–water partition coefficient (Wildman–Crippen LogP) is 3.69. The van der Waals surface area contributed by atoms with Gasteiger partial charge in [0.05, 0.1) is 5.39 Å². The first-order valence-corrected chi connectivity index (χ1v) is 12.0. The summed E-state index contributed by atoms with van der Waals surface area (Å²) in [7, 11) is 1.75. The number of pyridine rings is 1. The van der Waals surface area contributed by atoms with Crippen molar-refractivity contribution in [1.29, 1.82) is 0 Å². The highest BCUT2D eigenvalue weighted by Crippen LogP contribution is 2.27. The molecule has 0 spiro atoms. The average molecular weight is 491 g/mol. The highest BCUT2D eigenvalue weighted by Gasteiger charge is 2.17. The molecule has 0 aliphatic heterocycles. The normalized spacial score (nSPS) is 10.1. The van der Waals surface area contributed by atoms with Crippen LogP contribution in [0.5, 0.6) is 0 Å². The maximum atomic E-state index is 12.0. The summed E-state index contributed by atoms with van der Waals surface area (Å²) in [4.78, 5) is 24.8. The summed E-state index contributed by atoms with van der Waals surface area (Å²) in [5.41, 5.74) is 0.321. The van der Waals surface area contributed by atoms with Crippen LogP contribution in [0.4, 0.5) is 0 Å². The summed E-state index contributed by atoms with van der Waals surface area (Å²) in [5, 5.41) is 9.47. The molecule has 2 heterocycles. The SMILES string of the molecule is Cc1sc2c(c1C)c(=O)c(C(=O)O)cn2C.II. The highest BCUT2D eigenvalue weighted by molar-refractivity contribution is 15.0. The molecular weight excluding hydrogens is 480 g/mol. The first-order valence-electron chi connectivity index (χ1n) is 4.90. The van der Waals surface area contributed by atoms with E-state index in [0.29, 0.717) is 5.39 Å². The number of aryl methyl sites for hydroxylation is 3. The molecule has 7 heteroatoms. The Morgan fingerprint density at radius 1 is 1.39 bits per heavy atom. The zero-order chi connectivity index (χ0) is 14.0. The Labute approximate surface area is 131 Å². The number of carboxylic acids is 1. The third-order valence-electron chi connectivity index (χ3n) is 2.71. The molecule has 0 bridgehead atoms. The summed E-state index contributed by atoms with van der Waals surface area (Å²) < 4.78 is 1.70. The summed E-state index contributed by atoms with van der Waals surface area (Å²) >= 11 is 5.75. The first kappa shape index (κ1) is 15.9. The van der Waals surface area contributed by atoms with Crippen molar-refractivity contribution in [3.8, 4) is 0 Å². The van der Waals surface area contributed by atoms with Crippen molar-refractivity contribution in [3.63, 3.8) is 0 Å². The van der Waals surface area contributed by atoms with Crippen molar-refractivity contribution in [2.75, 3.05) is 0 Å². The Balaban J connectivity index is 0.000000771. The molecule has 0 amide bonds. The second-order valence-corrected chi connectivity index (χ2v) is 4.95. The lowest BCUT2D eigenvalue weighted by Gasteiger charge is -2.02. The van der Waals surface area contributed by atoms with E-state index < -0.39 is 5.97 Å². The Morgan fingerprint density at radius 3 is 2.44 bits per heavy atom. The number of nitrogens with zero attached hydrogens (tertiary/aromatic N) is 1. The summed E-state index contributed by atoms with van der Waals surface area (Å²) in [5.74, 6) is -1.18. The second-order valence-electron chi connectivity index (χ2n) is 3.75. The molecule has 2 rings (SSSR count).